The molecule has 1 unspecified atom stereocenters. The van der Waals surface area contributed by atoms with Crippen LogP contribution < -0.4 is 10.6 Å². The zero-order valence-electron chi connectivity index (χ0n) is 18.9. The highest BCUT2D eigenvalue weighted by Crippen LogP contribution is 2.36. The van der Waals surface area contributed by atoms with Crippen LogP contribution in [0.2, 0.25) is 0 Å². The summed E-state index contributed by atoms with van der Waals surface area (Å²) < 4.78 is 0. The third kappa shape index (κ3) is 4.70. The first-order chi connectivity index (χ1) is 15.5. The third-order valence-corrected chi connectivity index (χ3v) is 6.17. The van der Waals surface area contributed by atoms with Crippen molar-refractivity contribution in [2.24, 2.45) is 0 Å². The molecule has 0 spiro atoms. The first-order valence-electron chi connectivity index (χ1n) is 11.3. The van der Waals surface area contributed by atoms with E-state index in [2.05, 4.69) is 20.4 Å². The Morgan fingerprint density at radius 2 is 1.56 bits per heavy atom. The van der Waals surface area contributed by atoms with Crippen LogP contribution >= 0.6 is 0 Å². The van der Waals surface area contributed by atoms with Gasteiger partial charge >= 0.3 is 0 Å². The Hall–Kier alpha value is -2.74. The molecule has 32 heavy (non-hydrogen) atoms. The molecule has 4 rings (SSSR count). The Labute approximate surface area is 189 Å². The smallest absolute Gasteiger partial charge is 0.196 e. The molecule has 7 heteroatoms. The van der Waals surface area contributed by atoms with Crippen LogP contribution in [-0.4, -0.2) is 85.9 Å². The lowest BCUT2D eigenvalue weighted by Gasteiger charge is -2.30. The number of anilines is 2. The molecular weight excluding hydrogens is 404 g/mol. The number of aliphatic hydroxyl groups is 1. The molecule has 3 N–H and O–H groups in total. The number of likely N-dealkylation sites (tertiary alicyclic amines) is 1. The molecule has 2 aliphatic rings. The lowest BCUT2D eigenvalue weighted by molar-refractivity contribution is 0.0730. The fourth-order valence-electron chi connectivity index (χ4n) is 4.51. The van der Waals surface area contributed by atoms with Gasteiger partial charge in [0.2, 0.25) is 0 Å². The van der Waals surface area contributed by atoms with E-state index in [1.165, 1.54) is 0 Å². The molecule has 1 fully saturated rings. The Balaban J connectivity index is 1.60. The van der Waals surface area contributed by atoms with Gasteiger partial charge in [-0.05, 0) is 45.6 Å². The third-order valence-electron chi connectivity index (χ3n) is 6.17. The molecule has 1 aliphatic carbocycles. The fourth-order valence-corrected chi connectivity index (χ4v) is 4.51. The minimum atomic E-state index is -0.264. The van der Waals surface area contributed by atoms with Crippen LogP contribution in [0.5, 0.6) is 0 Å². The Morgan fingerprint density at radius 1 is 0.969 bits per heavy atom. The predicted molar refractivity (Wildman–Crippen MR) is 127 cm³/mol. The topological polar surface area (TPSA) is 84.9 Å². The molecule has 1 saturated heterocycles. The number of ketones is 2. The lowest BCUT2D eigenvalue weighted by atomic mass is 9.82. The second kappa shape index (κ2) is 9.81. The molecule has 170 valence electrons. The minimum absolute atomic E-state index is 0.120. The summed E-state index contributed by atoms with van der Waals surface area (Å²) in [6.07, 6.45) is 1.59. The standard InChI is InChI=1S/C25H32N4O3/c1-28(2)14-11-26-20-9-10-21(27-12-15-29-13-5-6-17(30)16-29)23-22(20)24(31)18-7-3-4-8-19(18)25(23)32/h3-4,7-10,17,26-27,30H,5-6,11-16H2,1-2H3. The fraction of sp³-hybridized carbons (Fsp3) is 0.440. The van der Waals surface area contributed by atoms with Gasteiger partial charge in [-0.15, -0.1) is 0 Å². The number of aliphatic hydroxyl groups excluding tert-OH is 1. The van der Waals surface area contributed by atoms with Gasteiger partial charge in [-0.25, -0.2) is 0 Å². The van der Waals surface area contributed by atoms with Crippen molar-refractivity contribution in [3.05, 3.63) is 58.7 Å². The van der Waals surface area contributed by atoms with Crippen LogP contribution in [0.4, 0.5) is 11.4 Å². The molecule has 0 saturated carbocycles. The van der Waals surface area contributed by atoms with Crippen LogP contribution in [0.1, 0.15) is 44.7 Å². The van der Waals surface area contributed by atoms with E-state index in [0.717, 1.165) is 32.5 Å². The van der Waals surface area contributed by atoms with Gasteiger partial charge in [-0.1, -0.05) is 24.3 Å². The second-order valence-corrected chi connectivity index (χ2v) is 8.87. The number of fused-ring (bicyclic) bond motifs is 2. The van der Waals surface area contributed by atoms with E-state index in [1.807, 2.05) is 26.2 Å². The number of piperidine rings is 1. The number of hydrogen-bond acceptors (Lipinski definition) is 7. The van der Waals surface area contributed by atoms with Crippen molar-refractivity contribution in [2.45, 2.75) is 18.9 Å². The maximum atomic E-state index is 13.4. The summed E-state index contributed by atoms with van der Waals surface area (Å²) in [7, 11) is 3.99. The van der Waals surface area contributed by atoms with Crippen LogP contribution in [-0.2, 0) is 0 Å². The number of nitrogens with zero attached hydrogens (tertiary/aromatic N) is 2. The van der Waals surface area contributed by atoms with E-state index < -0.39 is 0 Å². The molecule has 0 aromatic heterocycles. The number of rotatable bonds is 8. The molecule has 1 atom stereocenters. The summed E-state index contributed by atoms with van der Waals surface area (Å²) in [5.41, 5.74) is 3.19. The van der Waals surface area contributed by atoms with Crippen molar-refractivity contribution in [3.63, 3.8) is 0 Å². The number of nitrogens with one attached hydrogen (secondary N) is 2. The summed E-state index contributed by atoms with van der Waals surface area (Å²) >= 11 is 0. The van der Waals surface area contributed by atoms with E-state index in [0.29, 0.717) is 53.3 Å². The van der Waals surface area contributed by atoms with Crippen molar-refractivity contribution in [1.29, 1.82) is 0 Å². The van der Waals surface area contributed by atoms with Crippen LogP contribution in [0.25, 0.3) is 0 Å². The Bertz CT molecular complexity index is 1000. The Morgan fingerprint density at radius 3 is 2.12 bits per heavy atom. The van der Waals surface area contributed by atoms with Gasteiger partial charge in [0.15, 0.2) is 11.6 Å². The van der Waals surface area contributed by atoms with E-state index in [1.54, 1.807) is 24.3 Å². The molecule has 0 amide bonds. The van der Waals surface area contributed by atoms with Gasteiger partial charge in [0, 0.05) is 55.2 Å². The summed E-state index contributed by atoms with van der Waals surface area (Å²) in [5.74, 6) is -0.243. The highest BCUT2D eigenvalue weighted by molar-refractivity contribution is 6.31. The normalized spacial score (nSPS) is 18.4. The molecule has 2 aromatic carbocycles. The van der Waals surface area contributed by atoms with Crippen molar-refractivity contribution in [3.8, 4) is 0 Å². The number of hydrogen-bond donors (Lipinski definition) is 3. The summed E-state index contributed by atoms with van der Waals surface area (Å²) in [5, 5.41) is 16.6. The van der Waals surface area contributed by atoms with Crippen LogP contribution in [0.3, 0.4) is 0 Å². The molecular formula is C25H32N4O3. The molecule has 2 aromatic rings. The van der Waals surface area contributed by atoms with Gasteiger partial charge in [0.05, 0.1) is 17.2 Å². The minimum Gasteiger partial charge on any atom is -0.392 e. The van der Waals surface area contributed by atoms with E-state index in [9.17, 15) is 14.7 Å². The van der Waals surface area contributed by atoms with Gasteiger partial charge in [-0.3, -0.25) is 14.5 Å². The van der Waals surface area contributed by atoms with Crippen molar-refractivity contribution < 1.29 is 14.7 Å². The molecule has 1 aliphatic heterocycles. The second-order valence-electron chi connectivity index (χ2n) is 8.87. The highest BCUT2D eigenvalue weighted by Gasteiger charge is 2.33. The number of β-amino-alcohol motifs (C(OH)–C–C–N with tert-alkyl or cyclic N) is 1. The largest absolute Gasteiger partial charge is 0.392 e. The maximum absolute atomic E-state index is 13.4. The van der Waals surface area contributed by atoms with Crippen molar-refractivity contribution >= 4 is 22.9 Å². The maximum Gasteiger partial charge on any atom is 0.196 e. The molecule has 1 heterocycles. The van der Waals surface area contributed by atoms with Gasteiger partial charge in [-0.2, -0.15) is 0 Å². The average Bonchev–Trinajstić information content (AvgIpc) is 2.78. The van der Waals surface area contributed by atoms with Crippen LogP contribution in [0, 0.1) is 0 Å². The average molecular weight is 437 g/mol. The SMILES string of the molecule is CN(C)CCNc1ccc(NCCN2CCCC(O)C2)c2c1C(=O)c1ccccc1C2=O. The predicted octanol–water partition coefficient (Wildman–Crippen LogP) is 2.30. The zero-order valence-corrected chi connectivity index (χ0v) is 18.9. The summed E-state index contributed by atoms with van der Waals surface area (Å²) in [6.45, 7) is 4.54. The lowest BCUT2D eigenvalue weighted by Crippen LogP contribution is -2.40. The quantitative estimate of drug-likeness (QED) is 0.500. The Kier molecular flexibility index (Phi) is 6.89. The number of carbonyl (C=O) groups excluding carboxylic acids is 2. The van der Waals surface area contributed by atoms with E-state index in [4.69, 9.17) is 0 Å². The van der Waals surface area contributed by atoms with Gasteiger partial charge < -0.3 is 20.6 Å². The number of benzene rings is 2. The van der Waals surface area contributed by atoms with E-state index >= 15 is 0 Å². The van der Waals surface area contributed by atoms with E-state index in [-0.39, 0.29) is 17.7 Å². The summed E-state index contributed by atoms with van der Waals surface area (Å²) in [6, 6.07) is 10.8. The van der Waals surface area contributed by atoms with Crippen molar-refractivity contribution in [1.82, 2.24) is 9.80 Å². The van der Waals surface area contributed by atoms with Crippen LogP contribution in [0.15, 0.2) is 36.4 Å². The first-order valence-corrected chi connectivity index (χ1v) is 11.3. The zero-order chi connectivity index (χ0) is 22.7. The number of likely N-dealkylation sites (N-methyl/N-ethyl adjacent to an activating group) is 1. The number of carbonyl (C=O) groups is 2. The molecule has 0 bridgehead atoms. The summed E-state index contributed by atoms with van der Waals surface area (Å²) in [4.78, 5) is 31.2. The van der Waals surface area contributed by atoms with Crippen molar-refractivity contribution in [2.75, 3.05) is 64.0 Å². The molecule has 7 nitrogen and oxygen atoms in total. The first kappa shape index (κ1) is 22.5. The van der Waals surface area contributed by atoms with Gasteiger partial charge in [0.25, 0.3) is 0 Å². The highest BCUT2D eigenvalue weighted by atomic mass is 16.3. The monoisotopic (exact) mass is 436 g/mol. The molecule has 0 radical (unpaired) electrons. The van der Waals surface area contributed by atoms with Gasteiger partial charge in [0.1, 0.15) is 0 Å².